The van der Waals surface area contributed by atoms with Crippen molar-refractivity contribution < 1.29 is 9.67 Å². The van der Waals surface area contributed by atoms with E-state index in [0.717, 1.165) is 35.5 Å². The van der Waals surface area contributed by atoms with Gasteiger partial charge in [0.15, 0.2) is 24.3 Å². The van der Waals surface area contributed by atoms with Crippen LogP contribution >= 0.6 is 11.6 Å². The van der Waals surface area contributed by atoms with E-state index in [1.807, 2.05) is 43.5 Å². The lowest BCUT2D eigenvalue weighted by molar-refractivity contribution is -0.724. The Balaban J connectivity index is 1.81. The summed E-state index contributed by atoms with van der Waals surface area (Å²) in [4.78, 5) is 11.3. The zero-order chi connectivity index (χ0) is 22.8. The summed E-state index contributed by atoms with van der Waals surface area (Å²) in [5, 5.41) is 19.2. The van der Waals surface area contributed by atoms with Gasteiger partial charge in [-0.15, -0.1) is 15.0 Å². The molecule has 1 aliphatic heterocycles. The third kappa shape index (κ3) is 4.23. The summed E-state index contributed by atoms with van der Waals surface area (Å²) in [5.74, 6) is 1.53. The number of aliphatic hydroxyl groups is 1. The fourth-order valence-electron chi connectivity index (χ4n) is 3.77. The summed E-state index contributed by atoms with van der Waals surface area (Å²) < 4.78 is 2.15. The number of benzene rings is 1. The molecule has 3 aromatic rings. The lowest BCUT2D eigenvalue weighted by Gasteiger charge is -2.10. The van der Waals surface area contributed by atoms with E-state index in [9.17, 15) is 5.11 Å². The molecule has 32 heavy (non-hydrogen) atoms. The average molecular weight is 452 g/mol. The molecule has 4 rings (SSSR count). The summed E-state index contributed by atoms with van der Waals surface area (Å²) in [6.07, 6.45) is 5.76. The molecule has 1 aromatic carbocycles. The molecule has 0 saturated heterocycles. The number of aliphatic imine (C=N–C) groups is 1. The predicted molar refractivity (Wildman–Crippen MR) is 126 cm³/mol. The fourth-order valence-corrected chi connectivity index (χ4v) is 4.00. The number of aryl methyl sites for hydroxylation is 1. The van der Waals surface area contributed by atoms with Crippen molar-refractivity contribution in [1.82, 2.24) is 14.9 Å². The molecule has 0 radical (unpaired) electrons. The normalized spacial score (nSPS) is 15.3. The number of pyridine rings is 1. The summed E-state index contributed by atoms with van der Waals surface area (Å²) >= 11 is 6.49. The Morgan fingerprint density at radius 3 is 2.66 bits per heavy atom. The first-order chi connectivity index (χ1) is 15.4. The van der Waals surface area contributed by atoms with Crippen molar-refractivity contribution in [3.05, 3.63) is 70.5 Å². The molecular weight excluding hydrogens is 424 g/mol. The number of rotatable bonds is 7. The number of fused-ring (bicyclic) bond motifs is 1. The molecule has 0 saturated carbocycles. The fraction of sp³-hybridized carbons (Fsp3) is 0.375. The average Bonchev–Trinajstić information content (AvgIpc) is 3.33. The van der Waals surface area contributed by atoms with E-state index in [-0.39, 0.29) is 18.6 Å². The highest BCUT2D eigenvalue weighted by Crippen LogP contribution is 2.26. The van der Waals surface area contributed by atoms with Crippen LogP contribution < -0.4 is 4.57 Å². The van der Waals surface area contributed by atoms with Crippen molar-refractivity contribution >= 4 is 28.7 Å². The second-order valence-electron chi connectivity index (χ2n) is 8.26. The molecule has 1 unspecified atom stereocenters. The largest absolute Gasteiger partial charge is 0.396 e. The molecule has 166 valence electrons. The Morgan fingerprint density at radius 2 is 2.00 bits per heavy atom. The van der Waals surface area contributed by atoms with Gasteiger partial charge in [0.2, 0.25) is 5.82 Å². The smallest absolute Gasteiger partial charge is 0.204 e. The number of hydrogen-bond acceptors (Lipinski definition) is 5. The van der Waals surface area contributed by atoms with Crippen LogP contribution in [0.5, 0.6) is 0 Å². The Kier molecular flexibility index (Phi) is 6.48. The van der Waals surface area contributed by atoms with E-state index in [2.05, 4.69) is 41.7 Å². The van der Waals surface area contributed by atoms with Crippen molar-refractivity contribution in [2.75, 3.05) is 6.61 Å². The van der Waals surface area contributed by atoms with Crippen LogP contribution in [0.3, 0.4) is 0 Å². The van der Waals surface area contributed by atoms with Crippen LogP contribution in [0.2, 0.25) is 5.02 Å². The van der Waals surface area contributed by atoms with Gasteiger partial charge in [-0.1, -0.05) is 50.6 Å². The molecule has 0 amide bonds. The van der Waals surface area contributed by atoms with Crippen LogP contribution in [0.15, 0.2) is 52.8 Å². The van der Waals surface area contributed by atoms with Crippen molar-refractivity contribution in [1.29, 1.82) is 0 Å². The molecule has 0 aliphatic carbocycles. The highest BCUT2D eigenvalue weighted by atomic mass is 35.5. The van der Waals surface area contributed by atoms with Crippen LogP contribution in [0.1, 0.15) is 68.3 Å². The van der Waals surface area contributed by atoms with Gasteiger partial charge in [0.25, 0.3) is 0 Å². The zero-order valence-corrected chi connectivity index (χ0v) is 19.6. The first-order valence-electron chi connectivity index (χ1n) is 11.0. The van der Waals surface area contributed by atoms with Crippen molar-refractivity contribution in [3.63, 3.8) is 0 Å². The Bertz CT molecular complexity index is 1200. The van der Waals surface area contributed by atoms with Crippen molar-refractivity contribution in [2.24, 2.45) is 10.1 Å². The molecule has 3 heterocycles. The van der Waals surface area contributed by atoms with E-state index in [1.54, 1.807) is 4.79 Å². The molecule has 1 N–H and O–H groups in total. The monoisotopic (exact) mass is 451 g/mol. The highest BCUT2D eigenvalue weighted by molar-refractivity contribution is 6.56. The molecule has 0 bridgehead atoms. The maximum absolute atomic E-state index is 9.36. The summed E-state index contributed by atoms with van der Waals surface area (Å²) in [5.41, 5.74) is 3.96. The van der Waals surface area contributed by atoms with Gasteiger partial charge in [-0.2, -0.15) is 0 Å². The van der Waals surface area contributed by atoms with Crippen LogP contribution in [0.25, 0.3) is 0 Å². The van der Waals surface area contributed by atoms with E-state index in [4.69, 9.17) is 21.6 Å². The Morgan fingerprint density at radius 1 is 1.22 bits per heavy atom. The SMILES string of the molecule is CCC(CCO)[n+]1ccc(N=C2C(c3ccccc3Cl)=Nn3nc(C(C)C)nc32)c(C)c1. The minimum absolute atomic E-state index is 0.167. The summed E-state index contributed by atoms with van der Waals surface area (Å²) in [6.45, 7) is 8.43. The third-order valence-corrected chi connectivity index (χ3v) is 5.95. The summed E-state index contributed by atoms with van der Waals surface area (Å²) in [7, 11) is 0. The van der Waals surface area contributed by atoms with Gasteiger partial charge >= 0.3 is 0 Å². The Labute approximate surface area is 193 Å². The molecule has 1 atom stereocenters. The predicted octanol–water partition coefficient (Wildman–Crippen LogP) is 4.37. The van der Waals surface area contributed by atoms with Gasteiger partial charge < -0.3 is 5.11 Å². The number of hydrogen-bond donors (Lipinski definition) is 1. The maximum atomic E-state index is 9.36. The molecule has 0 fully saturated rings. The first-order valence-corrected chi connectivity index (χ1v) is 11.3. The van der Waals surface area contributed by atoms with E-state index in [1.165, 1.54) is 0 Å². The maximum Gasteiger partial charge on any atom is 0.204 e. The molecular formula is C24H28ClN6O+. The number of aromatic nitrogens is 4. The second kappa shape index (κ2) is 9.30. The van der Waals surface area contributed by atoms with Crippen molar-refractivity contribution in [3.8, 4) is 0 Å². The number of nitrogens with zero attached hydrogens (tertiary/aromatic N) is 6. The standard InChI is InChI=1S/C24H28ClN6O/c1-5-17(11-13-32)30-12-10-20(16(4)14-30)26-22-21(18-8-6-7-9-19(18)25)28-31-24(22)27-23(29-31)15(2)3/h6-10,12,14-15,17,32H,5,11,13H2,1-4H3/q+1. The minimum atomic E-state index is 0.167. The van der Waals surface area contributed by atoms with E-state index < -0.39 is 0 Å². The van der Waals surface area contributed by atoms with Gasteiger partial charge in [0.1, 0.15) is 11.4 Å². The van der Waals surface area contributed by atoms with Gasteiger partial charge in [-0.05, 0) is 13.0 Å². The second-order valence-corrected chi connectivity index (χ2v) is 8.67. The lowest BCUT2D eigenvalue weighted by atomic mass is 10.1. The van der Waals surface area contributed by atoms with Crippen molar-refractivity contribution in [2.45, 2.75) is 52.5 Å². The van der Waals surface area contributed by atoms with Gasteiger partial charge in [0.05, 0.1) is 10.7 Å². The molecule has 0 spiro atoms. The lowest BCUT2D eigenvalue weighted by Crippen LogP contribution is -2.39. The zero-order valence-electron chi connectivity index (χ0n) is 18.8. The Hall–Kier alpha value is -2.90. The van der Waals surface area contributed by atoms with E-state index in [0.29, 0.717) is 22.3 Å². The van der Waals surface area contributed by atoms with Crippen LogP contribution in [-0.2, 0) is 0 Å². The highest BCUT2D eigenvalue weighted by Gasteiger charge is 2.30. The first kappa shape index (κ1) is 22.3. The number of aliphatic hydroxyl groups excluding tert-OH is 1. The third-order valence-electron chi connectivity index (χ3n) is 5.62. The molecule has 2 aromatic heterocycles. The number of halogens is 1. The van der Waals surface area contributed by atoms with Gasteiger partial charge in [-0.3, -0.25) is 0 Å². The van der Waals surface area contributed by atoms with Crippen LogP contribution in [-0.4, -0.2) is 38.0 Å². The van der Waals surface area contributed by atoms with Crippen LogP contribution in [0.4, 0.5) is 5.69 Å². The summed E-state index contributed by atoms with van der Waals surface area (Å²) in [6, 6.07) is 9.84. The topological polar surface area (TPSA) is 79.5 Å². The quantitative estimate of drug-likeness (QED) is 0.541. The molecule has 7 nitrogen and oxygen atoms in total. The van der Waals surface area contributed by atoms with Gasteiger partial charge in [0, 0.05) is 42.6 Å². The van der Waals surface area contributed by atoms with Gasteiger partial charge in [-0.25, -0.2) is 14.5 Å². The molecule has 1 aliphatic rings. The van der Waals surface area contributed by atoms with Crippen LogP contribution in [0, 0.1) is 6.92 Å². The molecule has 8 heteroatoms. The minimum Gasteiger partial charge on any atom is -0.396 e. The van der Waals surface area contributed by atoms with E-state index >= 15 is 0 Å².